The molecule has 1 N–H and O–H groups in total. The summed E-state index contributed by atoms with van der Waals surface area (Å²) in [4.78, 5) is 39.6. The number of fused-ring (bicyclic) bond motifs is 1. The molecule has 0 fully saturated rings. The molecule has 42 heavy (non-hydrogen) atoms. The number of hydrogen-bond acceptors (Lipinski definition) is 8. The molecule has 6 rings (SSSR count). The molecule has 0 aliphatic carbocycles. The monoisotopic (exact) mass is 572 g/mol. The van der Waals surface area contributed by atoms with Crippen LogP contribution in [0.15, 0.2) is 109 Å². The zero-order valence-electron chi connectivity index (χ0n) is 22.5. The summed E-state index contributed by atoms with van der Waals surface area (Å²) in [7, 11) is 1.61. The Morgan fingerprint density at radius 3 is 2.02 bits per heavy atom. The topological polar surface area (TPSA) is 103 Å². The van der Waals surface area contributed by atoms with Crippen molar-refractivity contribution in [1.82, 2.24) is 15.0 Å². The van der Waals surface area contributed by atoms with Crippen LogP contribution in [-0.2, 0) is 9.53 Å². The minimum Gasteiger partial charge on any atom is -0.497 e. The van der Waals surface area contributed by atoms with Gasteiger partial charge < -0.3 is 9.47 Å². The zero-order chi connectivity index (χ0) is 28.9. The number of amides is 1. The molecule has 0 spiro atoms. The second kappa shape index (κ2) is 12.0. The van der Waals surface area contributed by atoms with Crippen LogP contribution in [0.4, 0.5) is 5.13 Å². The van der Waals surface area contributed by atoms with Gasteiger partial charge in [0.15, 0.2) is 11.7 Å². The number of methoxy groups -OCH3 is 1. The molecule has 0 aliphatic rings. The predicted octanol–water partition coefficient (Wildman–Crippen LogP) is 6.89. The standard InChI is InChI=1S/C33H24N4O4S/c1-40-25-15-12-21(13-16-25)28-20-42-33(36-28)37-29(38)19-41-32(39)24-14-17-26-27(18-24)35-31(23-10-6-3-7-11-23)30(34-26)22-8-4-2-5-9-22/h2-18,20H,19H2,1H3,(H,36,37,38). The summed E-state index contributed by atoms with van der Waals surface area (Å²) >= 11 is 1.28. The van der Waals surface area contributed by atoms with Gasteiger partial charge in [-0.05, 0) is 42.5 Å². The van der Waals surface area contributed by atoms with E-state index in [4.69, 9.17) is 19.4 Å². The van der Waals surface area contributed by atoms with Gasteiger partial charge in [-0.3, -0.25) is 10.1 Å². The lowest BCUT2D eigenvalue weighted by molar-refractivity contribution is -0.119. The van der Waals surface area contributed by atoms with Crippen LogP contribution >= 0.6 is 11.3 Å². The van der Waals surface area contributed by atoms with Crippen molar-refractivity contribution in [2.75, 3.05) is 19.0 Å². The largest absolute Gasteiger partial charge is 0.497 e. The number of benzene rings is 4. The van der Waals surface area contributed by atoms with Crippen molar-refractivity contribution in [1.29, 1.82) is 0 Å². The second-order valence-electron chi connectivity index (χ2n) is 9.25. The van der Waals surface area contributed by atoms with E-state index < -0.39 is 18.5 Å². The Kier molecular flexibility index (Phi) is 7.65. The summed E-state index contributed by atoms with van der Waals surface area (Å²) in [5.41, 5.74) is 6.37. The maximum absolute atomic E-state index is 12.9. The smallest absolute Gasteiger partial charge is 0.338 e. The average molecular weight is 573 g/mol. The van der Waals surface area contributed by atoms with E-state index in [2.05, 4.69) is 10.3 Å². The first-order valence-corrected chi connectivity index (χ1v) is 13.9. The van der Waals surface area contributed by atoms with Gasteiger partial charge in [-0.25, -0.2) is 19.7 Å². The number of esters is 1. The molecule has 0 aliphatic heterocycles. The number of carbonyl (C=O) groups is 2. The molecule has 0 atom stereocenters. The highest BCUT2D eigenvalue weighted by Gasteiger charge is 2.17. The van der Waals surface area contributed by atoms with Gasteiger partial charge in [0.1, 0.15) is 5.75 Å². The van der Waals surface area contributed by atoms with Crippen molar-refractivity contribution in [3.05, 3.63) is 114 Å². The van der Waals surface area contributed by atoms with Gasteiger partial charge in [0, 0.05) is 22.1 Å². The summed E-state index contributed by atoms with van der Waals surface area (Å²) in [6.07, 6.45) is 0. The lowest BCUT2D eigenvalue weighted by atomic mass is 10.0. The number of hydrogen-bond donors (Lipinski definition) is 1. The number of carbonyl (C=O) groups excluding carboxylic acids is 2. The zero-order valence-corrected chi connectivity index (χ0v) is 23.3. The highest BCUT2D eigenvalue weighted by atomic mass is 32.1. The number of thiazole rings is 1. The summed E-state index contributed by atoms with van der Waals surface area (Å²) < 4.78 is 10.5. The first kappa shape index (κ1) is 26.8. The van der Waals surface area contributed by atoms with E-state index in [-0.39, 0.29) is 5.56 Å². The van der Waals surface area contributed by atoms with Gasteiger partial charge >= 0.3 is 5.97 Å². The number of ether oxygens (including phenoxy) is 2. The molecule has 0 radical (unpaired) electrons. The van der Waals surface area contributed by atoms with E-state index >= 15 is 0 Å². The average Bonchev–Trinajstić information content (AvgIpc) is 3.52. The maximum Gasteiger partial charge on any atom is 0.338 e. The third kappa shape index (κ3) is 5.86. The number of anilines is 1. The highest BCUT2D eigenvalue weighted by molar-refractivity contribution is 7.14. The lowest BCUT2D eigenvalue weighted by Crippen LogP contribution is -2.20. The first-order chi connectivity index (χ1) is 20.6. The van der Waals surface area contributed by atoms with Crippen LogP contribution in [0.2, 0.25) is 0 Å². The van der Waals surface area contributed by atoms with Gasteiger partial charge in [-0.1, -0.05) is 60.7 Å². The van der Waals surface area contributed by atoms with Gasteiger partial charge in [-0.2, -0.15) is 0 Å². The molecule has 6 aromatic rings. The number of nitrogens with zero attached hydrogens (tertiary/aromatic N) is 3. The van der Waals surface area contributed by atoms with Crippen molar-refractivity contribution in [3.8, 4) is 39.5 Å². The van der Waals surface area contributed by atoms with Crippen LogP contribution in [0.3, 0.4) is 0 Å². The normalized spacial score (nSPS) is 10.8. The van der Waals surface area contributed by atoms with Crippen molar-refractivity contribution in [2.24, 2.45) is 0 Å². The SMILES string of the molecule is COc1ccc(-c2csc(NC(=O)COC(=O)c3ccc4nc(-c5ccccc5)c(-c5ccccc5)nc4c3)n2)cc1. The van der Waals surface area contributed by atoms with Gasteiger partial charge in [0.25, 0.3) is 5.91 Å². The Labute approximate surface area is 245 Å². The summed E-state index contributed by atoms with van der Waals surface area (Å²) in [5, 5.41) is 4.93. The van der Waals surface area contributed by atoms with Crippen LogP contribution in [0.25, 0.3) is 44.8 Å². The van der Waals surface area contributed by atoms with Crippen LogP contribution in [0.1, 0.15) is 10.4 Å². The van der Waals surface area contributed by atoms with Crippen LogP contribution in [0, 0.1) is 0 Å². The van der Waals surface area contributed by atoms with Gasteiger partial charge in [-0.15, -0.1) is 11.3 Å². The van der Waals surface area contributed by atoms with E-state index in [1.54, 1.807) is 25.3 Å². The van der Waals surface area contributed by atoms with Crippen molar-refractivity contribution < 1.29 is 19.1 Å². The number of nitrogens with one attached hydrogen (secondary N) is 1. The maximum atomic E-state index is 12.9. The Bertz CT molecular complexity index is 1870. The molecule has 2 heterocycles. The molecule has 4 aromatic carbocycles. The molecular formula is C33H24N4O4S. The Hall–Kier alpha value is -5.41. The van der Waals surface area contributed by atoms with E-state index in [0.29, 0.717) is 21.9 Å². The molecular weight excluding hydrogens is 548 g/mol. The van der Waals surface area contributed by atoms with Crippen molar-refractivity contribution in [2.45, 2.75) is 0 Å². The van der Waals surface area contributed by atoms with Crippen LogP contribution in [-0.4, -0.2) is 40.5 Å². The number of aromatic nitrogens is 3. The summed E-state index contributed by atoms with van der Waals surface area (Å²) in [6.45, 7) is -0.456. The molecule has 0 saturated heterocycles. The van der Waals surface area contributed by atoms with Crippen molar-refractivity contribution in [3.63, 3.8) is 0 Å². The van der Waals surface area contributed by atoms with E-state index in [9.17, 15) is 9.59 Å². The van der Waals surface area contributed by atoms with Gasteiger partial charge in [0.05, 0.1) is 40.8 Å². The molecule has 0 bridgehead atoms. The fraction of sp³-hybridized carbons (Fsp3) is 0.0606. The molecule has 8 nitrogen and oxygen atoms in total. The molecule has 0 saturated carbocycles. The van der Waals surface area contributed by atoms with E-state index in [0.717, 1.165) is 33.8 Å². The fourth-order valence-electron chi connectivity index (χ4n) is 4.37. The lowest BCUT2D eigenvalue weighted by Gasteiger charge is -2.11. The van der Waals surface area contributed by atoms with E-state index in [1.165, 1.54) is 11.3 Å². The molecule has 1 amide bonds. The quantitative estimate of drug-likeness (QED) is 0.198. The highest BCUT2D eigenvalue weighted by Crippen LogP contribution is 2.31. The minimum absolute atomic E-state index is 0.270. The number of rotatable bonds is 8. The molecule has 9 heteroatoms. The Morgan fingerprint density at radius 1 is 0.738 bits per heavy atom. The molecule has 0 unspecified atom stereocenters. The van der Waals surface area contributed by atoms with Crippen LogP contribution < -0.4 is 10.1 Å². The third-order valence-electron chi connectivity index (χ3n) is 6.47. The van der Waals surface area contributed by atoms with Gasteiger partial charge in [0.2, 0.25) is 0 Å². The Balaban J connectivity index is 1.16. The first-order valence-electron chi connectivity index (χ1n) is 13.1. The fourth-order valence-corrected chi connectivity index (χ4v) is 5.11. The molecule has 206 valence electrons. The minimum atomic E-state index is -0.639. The van der Waals surface area contributed by atoms with E-state index in [1.807, 2.05) is 90.3 Å². The molecule has 2 aromatic heterocycles. The Morgan fingerprint density at radius 2 is 1.38 bits per heavy atom. The third-order valence-corrected chi connectivity index (χ3v) is 7.22. The predicted molar refractivity (Wildman–Crippen MR) is 163 cm³/mol. The summed E-state index contributed by atoms with van der Waals surface area (Å²) in [6, 6.07) is 32.1. The summed E-state index contributed by atoms with van der Waals surface area (Å²) in [5.74, 6) is -0.380. The van der Waals surface area contributed by atoms with Crippen molar-refractivity contribution >= 4 is 39.4 Å². The van der Waals surface area contributed by atoms with Crippen LogP contribution in [0.5, 0.6) is 5.75 Å². The second-order valence-corrected chi connectivity index (χ2v) is 10.1.